The van der Waals surface area contributed by atoms with Crippen molar-refractivity contribution in [2.24, 2.45) is 0 Å². The van der Waals surface area contributed by atoms with Crippen LogP contribution in [-0.4, -0.2) is 6.29 Å². The lowest BCUT2D eigenvalue weighted by atomic mass is 10.1. The van der Waals surface area contributed by atoms with E-state index in [0.717, 1.165) is 16.9 Å². The molecule has 1 heterocycles. The van der Waals surface area contributed by atoms with Crippen molar-refractivity contribution in [2.75, 3.05) is 0 Å². The van der Waals surface area contributed by atoms with Crippen LogP contribution in [0.1, 0.15) is 27.2 Å². The molecule has 0 amide bonds. The summed E-state index contributed by atoms with van der Waals surface area (Å²) in [5.74, 6) is 1.36. The minimum atomic E-state index is 0.266. The Morgan fingerprint density at radius 3 is 2.59 bits per heavy atom. The largest absolute Gasteiger partial charge is 0.426 e. The molecule has 0 saturated heterocycles. The van der Waals surface area contributed by atoms with E-state index in [-0.39, 0.29) is 5.76 Å². The Balaban J connectivity index is 2.32. The van der Waals surface area contributed by atoms with Crippen molar-refractivity contribution in [3.8, 4) is 11.7 Å². The maximum absolute atomic E-state index is 10.5. The van der Waals surface area contributed by atoms with Gasteiger partial charge in [0.05, 0.1) is 0 Å². The molecule has 0 aliphatic rings. The highest BCUT2D eigenvalue weighted by molar-refractivity contribution is 5.70. The van der Waals surface area contributed by atoms with Crippen LogP contribution in [0.3, 0.4) is 0 Å². The third-order valence-electron chi connectivity index (χ3n) is 2.69. The number of benzene rings is 1. The summed E-state index contributed by atoms with van der Waals surface area (Å²) in [5.41, 5.74) is 3.37. The molecule has 88 valence electrons. The summed E-state index contributed by atoms with van der Waals surface area (Å²) < 4.78 is 10.8. The molecule has 0 saturated carbocycles. The minimum absolute atomic E-state index is 0.266. The molecule has 0 bridgehead atoms. The lowest BCUT2D eigenvalue weighted by molar-refractivity contribution is 0.109. The SMILES string of the molecule is Cc1cc(C)c(C)c(Oc2ccc(C=O)o2)c1. The highest BCUT2D eigenvalue weighted by atomic mass is 16.6. The Hall–Kier alpha value is -2.03. The topological polar surface area (TPSA) is 39.4 Å². The fraction of sp³-hybridized carbons (Fsp3) is 0.214. The Bertz CT molecular complexity index is 553. The predicted molar refractivity (Wildman–Crippen MR) is 64.8 cm³/mol. The van der Waals surface area contributed by atoms with Crippen molar-refractivity contribution >= 4 is 6.29 Å². The van der Waals surface area contributed by atoms with Gasteiger partial charge in [0, 0.05) is 6.07 Å². The van der Waals surface area contributed by atoms with Gasteiger partial charge in [0.25, 0.3) is 5.95 Å². The molecule has 2 rings (SSSR count). The van der Waals surface area contributed by atoms with E-state index in [1.807, 2.05) is 26.8 Å². The number of carbonyl (C=O) groups is 1. The van der Waals surface area contributed by atoms with Crippen LogP contribution in [0.4, 0.5) is 0 Å². The average molecular weight is 230 g/mol. The predicted octanol–water partition coefficient (Wildman–Crippen LogP) is 3.81. The third-order valence-corrected chi connectivity index (χ3v) is 2.69. The molecule has 0 atom stereocenters. The van der Waals surface area contributed by atoms with E-state index in [0.29, 0.717) is 12.2 Å². The van der Waals surface area contributed by atoms with E-state index in [4.69, 9.17) is 9.15 Å². The molecule has 3 heteroatoms. The number of hydrogen-bond acceptors (Lipinski definition) is 3. The van der Waals surface area contributed by atoms with Crippen molar-refractivity contribution in [2.45, 2.75) is 20.8 Å². The second-order valence-corrected chi connectivity index (χ2v) is 4.08. The van der Waals surface area contributed by atoms with E-state index < -0.39 is 0 Å². The highest BCUT2D eigenvalue weighted by Gasteiger charge is 2.08. The van der Waals surface area contributed by atoms with Gasteiger partial charge in [-0.1, -0.05) is 6.07 Å². The second kappa shape index (κ2) is 4.45. The Kier molecular flexibility index (Phi) is 3.00. The van der Waals surface area contributed by atoms with Crippen LogP contribution >= 0.6 is 0 Å². The first-order chi connectivity index (χ1) is 8.10. The van der Waals surface area contributed by atoms with Crippen LogP contribution in [-0.2, 0) is 0 Å². The Morgan fingerprint density at radius 2 is 1.94 bits per heavy atom. The van der Waals surface area contributed by atoms with Crippen molar-refractivity contribution < 1.29 is 13.9 Å². The van der Waals surface area contributed by atoms with E-state index in [1.165, 1.54) is 5.56 Å². The van der Waals surface area contributed by atoms with Crippen LogP contribution in [0, 0.1) is 20.8 Å². The molecule has 0 radical (unpaired) electrons. The Labute approximate surface area is 100 Å². The molecule has 2 aromatic rings. The van der Waals surface area contributed by atoms with Crippen molar-refractivity contribution in [3.05, 3.63) is 46.7 Å². The number of aldehydes is 1. The fourth-order valence-corrected chi connectivity index (χ4v) is 1.67. The summed E-state index contributed by atoms with van der Waals surface area (Å²) in [7, 11) is 0. The first-order valence-electron chi connectivity index (χ1n) is 5.41. The monoisotopic (exact) mass is 230 g/mol. The van der Waals surface area contributed by atoms with Gasteiger partial charge in [0.1, 0.15) is 5.75 Å². The van der Waals surface area contributed by atoms with E-state index in [2.05, 4.69) is 6.07 Å². The lowest BCUT2D eigenvalue weighted by Crippen LogP contribution is -1.90. The molecular weight excluding hydrogens is 216 g/mol. The molecule has 0 unspecified atom stereocenters. The third kappa shape index (κ3) is 2.38. The second-order valence-electron chi connectivity index (χ2n) is 4.08. The molecule has 0 fully saturated rings. The van der Waals surface area contributed by atoms with Gasteiger partial charge in [-0.2, -0.15) is 0 Å². The lowest BCUT2D eigenvalue weighted by Gasteiger charge is -2.09. The molecule has 0 aliphatic heterocycles. The van der Waals surface area contributed by atoms with E-state index in [1.54, 1.807) is 12.1 Å². The number of ether oxygens (including phenoxy) is 1. The van der Waals surface area contributed by atoms with Gasteiger partial charge in [-0.15, -0.1) is 0 Å². The molecule has 0 N–H and O–H groups in total. The van der Waals surface area contributed by atoms with Gasteiger partial charge in [0.15, 0.2) is 12.0 Å². The van der Waals surface area contributed by atoms with Gasteiger partial charge >= 0.3 is 0 Å². The smallest absolute Gasteiger partial charge is 0.290 e. The van der Waals surface area contributed by atoms with Crippen LogP contribution in [0.5, 0.6) is 11.7 Å². The number of hydrogen-bond donors (Lipinski definition) is 0. The van der Waals surface area contributed by atoms with Crippen LogP contribution in [0.15, 0.2) is 28.7 Å². The average Bonchev–Trinajstić information content (AvgIpc) is 2.73. The van der Waals surface area contributed by atoms with Crippen molar-refractivity contribution in [1.82, 2.24) is 0 Å². The summed E-state index contributed by atoms with van der Waals surface area (Å²) in [6.45, 7) is 6.04. The Morgan fingerprint density at radius 1 is 1.18 bits per heavy atom. The molecule has 17 heavy (non-hydrogen) atoms. The first-order valence-corrected chi connectivity index (χ1v) is 5.41. The summed E-state index contributed by atoms with van der Waals surface area (Å²) >= 11 is 0. The zero-order chi connectivity index (χ0) is 12.4. The summed E-state index contributed by atoms with van der Waals surface area (Å²) in [5, 5.41) is 0. The zero-order valence-electron chi connectivity index (χ0n) is 10.1. The summed E-state index contributed by atoms with van der Waals surface area (Å²) in [6, 6.07) is 7.27. The van der Waals surface area contributed by atoms with E-state index >= 15 is 0 Å². The quantitative estimate of drug-likeness (QED) is 0.752. The molecule has 1 aromatic heterocycles. The maximum Gasteiger partial charge on any atom is 0.290 e. The van der Waals surface area contributed by atoms with Crippen LogP contribution in [0.2, 0.25) is 0 Å². The molecule has 3 nitrogen and oxygen atoms in total. The fourth-order valence-electron chi connectivity index (χ4n) is 1.67. The van der Waals surface area contributed by atoms with E-state index in [9.17, 15) is 4.79 Å². The first kappa shape index (κ1) is 11.5. The zero-order valence-corrected chi connectivity index (χ0v) is 10.1. The highest BCUT2D eigenvalue weighted by Crippen LogP contribution is 2.29. The van der Waals surface area contributed by atoms with Gasteiger partial charge in [-0.3, -0.25) is 4.79 Å². The number of carbonyl (C=O) groups excluding carboxylic acids is 1. The molecule has 0 aliphatic carbocycles. The normalized spacial score (nSPS) is 10.3. The van der Waals surface area contributed by atoms with Crippen LogP contribution < -0.4 is 4.74 Å². The maximum atomic E-state index is 10.5. The van der Waals surface area contributed by atoms with Crippen molar-refractivity contribution in [1.29, 1.82) is 0 Å². The molecule has 1 aromatic carbocycles. The van der Waals surface area contributed by atoms with Crippen LogP contribution in [0.25, 0.3) is 0 Å². The van der Waals surface area contributed by atoms with Gasteiger partial charge in [-0.25, -0.2) is 0 Å². The molecule has 0 spiro atoms. The minimum Gasteiger partial charge on any atom is -0.426 e. The standard InChI is InChI=1S/C14H14O3/c1-9-6-10(2)11(3)13(7-9)17-14-5-4-12(8-15)16-14/h4-8H,1-3H3. The molecular formula is C14H14O3. The van der Waals surface area contributed by atoms with Gasteiger partial charge < -0.3 is 9.15 Å². The van der Waals surface area contributed by atoms with Crippen molar-refractivity contribution in [3.63, 3.8) is 0 Å². The number of furan rings is 1. The number of aryl methyl sites for hydroxylation is 2. The van der Waals surface area contributed by atoms with Gasteiger partial charge in [-0.05, 0) is 49.6 Å². The summed E-state index contributed by atoms with van der Waals surface area (Å²) in [4.78, 5) is 10.5. The van der Waals surface area contributed by atoms with Gasteiger partial charge in [0.2, 0.25) is 0 Å². The number of rotatable bonds is 3. The summed E-state index contributed by atoms with van der Waals surface area (Å²) in [6.07, 6.45) is 0.654.